The Balaban J connectivity index is 2.55. The van der Waals surface area contributed by atoms with E-state index >= 15 is 0 Å². The zero-order valence-electron chi connectivity index (χ0n) is 12.2. The van der Waals surface area contributed by atoms with Crippen molar-refractivity contribution in [3.63, 3.8) is 0 Å². The second kappa shape index (κ2) is 7.23. The standard InChI is InChI=1S/C13H23N3O4/c1-13(2,12(19)15-8-10(17)20-3)16-9-6-4-5-7-14-11(9)18/h9,16H,4-8H2,1-3H3,(H,14,18)(H,15,19)/t9-/m0/s1. The Kier molecular flexibility index (Phi) is 5.94. The molecule has 0 aromatic carbocycles. The topological polar surface area (TPSA) is 96.5 Å². The summed E-state index contributed by atoms with van der Waals surface area (Å²) in [7, 11) is 1.26. The number of rotatable bonds is 5. The van der Waals surface area contributed by atoms with Gasteiger partial charge in [-0.1, -0.05) is 0 Å². The Morgan fingerprint density at radius 3 is 2.75 bits per heavy atom. The third kappa shape index (κ3) is 4.80. The summed E-state index contributed by atoms with van der Waals surface area (Å²) >= 11 is 0. The van der Waals surface area contributed by atoms with Crippen LogP contribution in [0.15, 0.2) is 0 Å². The van der Waals surface area contributed by atoms with Gasteiger partial charge in [0.1, 0.15) is 6.54 Å². The number of carbonyl (C=O) groups is 3. The predicted octanol–water partition coefficient (Wildman–Crippen LogP) is -0.687. The van der Waals surface area contributed by atoms with E-state index in [9.17, 15) is 14.4 Å². The molecule has 1 fully saturated rings. The number of ether oxygens (including phenoxy) is 1. The van der Waals surface area contributed by atoms with Crippen LogP contribution in [0.1, 0.15) is 33.1 Å². The first-order valence-corrected chi connectivity index (χ1v) is 6.77. The minimum atomic E-state index is -0.944. The van der Waals surface area contributed by atoms with E-state index in [-0.39, 0.29) is 18.4 Å². The summed E-state index contributed by atoms with van der Waals surface area (Å²) in [5, 5.41) is 8.34. The van der Waals surface area contributed by atoms with Gasteiger partial charge in [0.15, 0.2) is 0 Å². The van der Waals surface area contributed by atoms with E-state index in [2.05, 4.69) is 20.7 Å². The van der Waals surface area contributed by atoms with Crippen LogP contribution in [-0.4, -0.2) is 49.6 Å². The van der Waals surface area contributed by atoms with Gasteiger partial charge in [-0.2, -0.15) is 0 Å². The van der Waals surface area contributed by atoms with E-state index in [1.54, 1.807) is 13.8 Å². The molecule has 0 unspecified atom stereocenters. The normalized spacial score (nSPS) is 19.8. The summed E-state index contributed by atoms with van der Waals surface area (Å²) in [4.78, 5) is 34.9. The van der Waals surface area contributed by atoms with Gasteiger partial charge in [-0.25, -0.2) is 0 Å². The van der Waals surface area contributed by atoms with E-state index in [1.807, 2.05) is 0 Å². The zero-order valence-corrected chi connectivity index (χ0v) is 12.2. The quantitative estimate of drug-likeness (QED) is 0.581. The largest absolute Gasteiger partial charge is 0.468 e. The highest BCUT2D eigenvalue weighted by Crippen LogP contribution is 2.11. The van der Waals surface area contributed by atoms with Crippen LogP contribution >= 0.6 is 0 Å². The number of amides is 2. The van der Waals surface area contributed by atoms with Crippen LogP contribution in [0.25, 0.3) is 0 Å². The van der Waals surface area contributed by atoms with Gasteiger partial charge in [0, 0.05) is 6.54 Å². The summed E-state index contributed by atoms with van der Waals surface area (Å²) in [6.07, 6.45) is 2.56. The van der Waals surface area contributed by atoms with Crippen LogP contribution in [0.2, 0.25) is 0 Å². The second-order valence-electron chi connectivity index (χ2n) is 5.37. The van der Waals surface area contributed by atoms with Crippen molar-refractivity contribution in [2.45, 2.75) is 44.7 Å². The summed E-state index contributed by atoms with van der Waals surface area (Å²) in [5.41, 5.74) is -0.944. The molecule has 0 aromatic heterocycles. The molecule has 0 spiro atoms. The predicted molar refractivity (Wildman–Crippen MR) is 72.9 cm³/mol. The number of hydrogen-bond acceptors (Lipinski definition) is 5. The minimum absolute atomic E-state index is 0.0867. The van der Waals surface area contributed by atoms with Crippen molar-refractivity contribution in [1.82, 2.24) is 16.0 Å². The van der Waals surface area contributed by atoms with Crippen LogP contribution in [0.4, 0.5) is 0 Å². The van der Waals surface area contributed by atoms with E-state index in [4.69, 9.17) is 0 Å². The van der Waals surface area contributed by atoms with Crippen LogP contribution < -0.4 is 16.0 Å². The third-order valence-corrected chi connectivity index (χ3v) is 3.26. The lowest BCUT2D eigenvalue weighted by molar-refractivity contribution is -0.142. The first-order valence-electron chi connectivity index (χ1n) is 6.77. The highest BCUT2D eigenvalue weighted by atomic mass is 16.5. The maximum atomic E-state index is 12.0. The van der Waals surface area contributed by atoms with Gasteiger partial charge in [-0.05, 0) is 33.1 Å². The molecule has 0 saturated carbocycles. The molecular formula is C13H23N3O4. The van der Waals surface area contributed by atoms with Crippen molar-refractivity contribution in [3.05, 3.63) is 0 Å². The second-order valence-corrected chi connectivity index (χ2v) is 5.37. The van der Waals surface area contributed by atoms with Crippen molar-refractivity contribution in [2.24, 2.45) is 0 Å². The molecular weight excluding hydrogens is 262 g/mol. The molecule has 114 valence electrons. The highest BCUT2D eigenvalue weighted by Gasteiger charge is 2.33. The molecule has 20 heavy (non-hydrogen) atoms. The molecule has 1 saturated heterocycles. The van der Waals surface area contributed by atoms with Crippen molar-refractivity contribution in [1.29, 1.82) is 0 Å². The van der Waals surface area contributed by atoms with Gasteiger partial charge in [-0.15, -0.1) is 0 Å². The molecule has 0 radical (unpaired) electrons. The van der Waals surface area contributed by atoms with Gasteiger partial charge in [0.05, 0.1) is 18.7 Å². The molecule has 1 rings (SSSR count). The molecule has 0 aliphatic carbocycles. The highest BCUT2D eigenvalue weighted by molar-refractivity contribution is 5.89. The first-order chi connectivity index (χ1) is 9.36. The maximum Gasteiger partial charge on any atom is 0.325 e. The average molecular weight is 285 g/mol. The van der Waals surface area contributed by atoms with E-state index in [1.165, 1.54) is 7.11 Å². The van der Waals surface area contributed by atoms with Crippen LogP contribution in [-0.2, 0) is 19.1 Å². The van der Waals surface area contributed by atoms with Crippen molar-refractivity contribution < 1.29 is 19.1 Å². The Hall–Kier alpha value is -1.63. The number of esters is 1. The maximum absolute atomic E-state index is 12.0. The smallest absolute Gasteiger partial charge is 0.325 e. The molecule has 1 aliphatic rings. The number of nitrogens with one attached hydrogen (secondary N) is 3. The summed E-state index contributed by atoms with van der Waals surface area (Å²) < 4.78 is 4.46. The molecule has 3 N–H and O–H groups in total. The number of methoxy groups -OCH3 is 1. The fourth-order valence-electron chi connectivity index (χ4n) is 2.02. The molecule has 0 bridgehead atoms. The summed E-state index contributed by atoms with van der Waals surface area (Å²) in [5.74, 6) is -0.947. The molecule has 2 amide bonds. The van der Waals surface area contributed by atoms with Crippen molar-refractivity contribution >= 4 is 17.8 Å². The third-order valence-electron chi connectivity index (χ3n) is 3.26. The van der Waals surface area contributed by atoms with Crippen LogP contribution in [0, 0.1) is 0 Å². The summed E-state index contributed by atoms with van der Waals surface area (Å²) in [6.45, 7) is 3.85. The molecule has 1 heterocycles. The Morgan fingerprint density at radius 2 is 2.10 bits per heavy atom. The van der Waals surface area contributed by atoms with E-state index < -0.39 is 17.6 Å². The fourth-order valence-corrected chi connectivity index (χ4v) is 2.02. The van der Waals surface area contributed by atoms with E-state index in [0.29, 0.717) is 13.0 Å². The summed E-state index contributed by atoms with van der Waals surface area (Å²) in [6, 6.07) is -0.392. The lowest BCUT2D eigenvalue weighted by Gasteiger charge is -2.29. The van der Waals surface area contributed by atoms with Gasteiger partial charge in [0.25, 0.3) is 0 Å². The van der Waals surface area contributed by atoms with Crippen molar-refractivity contribution in [3.8, 4) is 0 Å². The molecule has 0 aromatic rings. The van der Waals surface area contributed by atoms with Gasteiger partial charge in [-0.3, -0.25) is 19.7 Å². The van der Waals surface area contributed by atoms with E-state index in [0.717, 1.165) is 12.8 Å². The Bertz CT molecular complexity index is 382. The van der Waals surface area contributed by atoms with Gasteiger partial charge < -0.3 is 15.4 Å². The van der Waals surface area contributed by atoms with Gasteiger partial charge in [0.2, 0.25) is 11.8 Å². The first kappa shape index (κ1) is 16.4. The lowest BCUT2D eigenvalue weighted by Crippen LogP contribution is -2.59. The molecule has 7 heteroatoms. The number of hydrogen-bond donors (Lipinski definition) is 3. The Morgan fingerprint density at radius 1 is 1.40 bits per heavy atom. The SMILES string of the molecule is COC(=O)CNC(=O)C(C)(C)N[C@H]1CCCCNC1=O. The average Bonchev–Trinajstić information content (AvgIpc) is 2.60. The Labute approximate surface area is 118 Å². The monoisotopic (exact) mass is 285 g/mol. The molecule has 7 nitrogen and oxygen atoms in total. The fraction of sp³-hybridized carbons (Fsp3) is 0.769. The molecule has 1 atom stereocenters. The van der Waals surface area contributed by atoms with Crippen LogP contribution in [0.3, 0.4) is 0 Å². The van der Waals surface area contributed by atoms with Crippen LogP contribution in [0.5, 0.6) is 0 Å². The zero-order chi connectivity index (χ0) is 15.2. The molecule has 1 aliphatic heterocycles. The minimum Gasteiger partial charge on any atom is -0.468 e. The number of carbonyl (C=O) groups excluding carboxylic acids is 3. The van der Waals surface area contributed by atoms with Gasteiger partial charge >= 0.3 is 5.97 Å². The van der Waals surface area contributed by atoms with Crippen molar-refractivity contribution in [2.75, 3.05) is 20.2 Å². The lowest BCUT2D eigenvalue weighted by atomic mass is 10.0.